The minimum Gasteiger partial charge on any atom is -0.372 e. The monoisotopic (exact) mass is 288 g/mol. The van der Waals surface area contributed by atoms with Crippen LogP contribution in [0.4, 0.5) is 11.6 Å². The summed E-state index contributed by atoms with van der Waals surface area (Å²) in [6, 6.07) is 2.47. The van der Waals surface area contributed by atoms with E-state index in [9.17, 15) is 0 Å². The first-order valence-electron chi connectivity index (χ1n) is 6.09. The lowest BCUT2D eigenvalue weighted by atomic mass is 10.4. The average molecular weight is 289 g/mol. The molecule has 1 heterocycles. The lowest BCUT2D eigenvalue weighted by Crippen LogP contribution is -2.27. The van der Waals surface area contributed by atoms with Gasteiger partial charge in [-0.15, -0.1) is 0 Å². The van der Waals surface area contributed by atoms with Crippen LogP contribution in [-0.4, -0.2) is 43.1 Å². The fourth-order valence-corrected chi connectivity index (χ4v) is 2.33. The summed E-state index contributed by atoms with van der Waals surface area (Å²) >= 11 is 12.1. The molecule has 1 aromatic rings. The van der Waals surface area contributed by atoms with Crippen molar-refractivity contribution in [2.24, 2.45) is 0 Å². The maximum Gasteiger partial charge on any atom is 0.147 e. The number of nitrogens with one attached hydrogen (secondary N) is 2. The van der Waals surface area contributed by atoms with Crippen molar-refractivity contribution < 1.29 is 0 Å². The molecule has 2 N–H and O–H groups in total. The molecule has 6 heteroatoms. The largest absolute Gasteiger partial charge is 0.372 e. The Morgan fingerprint density at radius 3 is 2.61 bits per heavy atom. The molecule has 0 radical (unpaired) electrons. The van der Waals surface area contributed by atoms with Crippen LogP contribution in [0, 0.1) is 0 Å². The van der Waals surface area contributed by atoms with Crippen molar-refractivity contribution in [1.29, 1.82) is 0 Å². The Balaban J connectivity index is 1.91. The zero-order valence-electron chi connectivity index (χ0n) is 10.6. The van der Waals surface area contributed by atoms with Gasteiger partial charge in [0.25, 0.3) is 0 Å². The predicted octanol–water partition coefficient (Wildman–Crippen LogP) is 2.94. The summed E-state index contributed by atoms with van der Waals surface area (Å²) in [4.78, 5) is 6.70. The molecule has 0 saturated heterocycles. The average Bonchev–Trinajstić information content (AvgIpc) is 3.15. The summed E-state index contributed by atoms with van der Waals surface area (Å²) in [6.07, 6.45) is 2.64. The van der Waals surface area contributed by atoms with Gasteiger partial charge in [0.05, 0.1) is 10.0 Å². The molecule has 0 atom stereocenters. The zero-order chi connectivity index (χ0) is 13.1. The highest BCUT2D eigenvalue weighted by atomic mass is 35.5. The van der Waals surface area contributed by atoms with Gasteiger partial charge in [-0.2, -0.15) is 0 Å². The van der Waals surface area contributed by atoms with E-state index in [-0.39, 0.29) is 0 Å². The van der Waals surface area contributed by atoms with E-state index in [4.69, 9.17) is 23.2 Å². The molecular formula is C12H18Cl2N4. The normalized spacial score (nSPS) is 14.9. The third-order valence-electron chi connectivity index (χ3n) is 3.09. The van der Waals surface area contributed by atoms with Gasteiger partial charge >= 0.3 is 0 Å². The molecule has 1 aromatic heterocycles. The van der Waals surface area contributed by atoms with Crippen molar-refractivity contribution in [3.05, 3.63) is 16.1 Å². The van der Waals surface area contributed by atoms with Crippen LogP contribution in [0.15, 0.2) is 6.07 Å². The number of aromatic nitrogens is 1. The minimum absolute atomic E-state index is 0.531. The molecule has 1 fully saturated rings. The molecule has 0 aliphatic heterocycles. The van der Waals surface area contributed by atoms with Gasteiger partial charge in [0.15, 0.2) is 0 Å². The smallest absolute Gasteiger partial charge is 0.147 e. The van der Waals surface area contributed by atoms with Crippen LogP contribution in [0.25, 0.3) is 0 Å². The van der Waals surface area contributed by atoms with Crippen molar-refractivity contribution in [2.75, 3.05) is 37.8 Å². The van der Waals surface area contributed by atoms with Gasteiger partial charge in [-0.25, -0.2) is 4.98 Å². The van der Waals surface area contributed by atoms with Crippen molar-refractivity contribution >= 4 is 34.8 Å². The van der Waals surface area contributed by atoms with Crippen LogP contribution in [-0.2, 0) is 0 Å². The van der Waals surface area contributed by atoms with Gasteiger partial charge in [-0.1, -0.05) is 23.2 Å². The number of hydrogen-bond donors (Lipinski definition) is 2. The molecule has 1 aliphatic carbocycles. The molecule has 1 saturated carbocycles. The van der Waals surface area contributed by atoms with Crippen LogP contribution in [0.5, 0.6) is 0 Å². The summed E-state index contributed by atoms with van der Waals surface area (Å²) in [5.74, 6) is 1.31. The first kappa shape index (κ1) is 13.7. The van der Waals surface area contributed by atoms with Gasteiger partial charge in [0.1, 0.15) is 11.6 Å². The number of nitrogens with zero attached hydrogens (tertiary/aromatic N) is 2. The number of pyridine rings is 1. The van der Waals surface area contributed by atoms with Gasteiger partial charge in [0.2, 0.25) is 0 Å². The fraction of sp³-hybridized carbons (Fsp3) is 0.583. The van der Waals surface area contributed by atoms with Gasteiger partial charge in [-0.3, -0.25) is 0 Å². The zero-order valence-corrected chi connectivity index (χ0v) is 12.1. The molecule has 100 valence electrons. The Bertz CT molecular complexity index is 421. The Morgan fingerprint density at radius 1 is 1.33 bits per heavy atom. The second kappa shape index (κ2) is 5.95. The van der Waals surface area contributed by atoms with Crippen LogP contribution in [0.1, 0.15) is 12.8 Å². The molecule has 0 unspecified atom stereocenters. The van der Waals surface area contributed by atoms with E-state index in [2.05, 4.69) is 27.6 Å². The molecule has 1 aliphatic rings. The maximum atomic E-state index is 6.10. The number of rotatable bonds is 6. The van der Waals surface area contributed by atoms with Crippen LogP contribution < -0.4 is 10.6 Å². The lowest BCUT2D eigenvalue weighted by molar-refractivity contribution is 0.337. The van der Waals surface area contributed by atoms with E-state index in [1.54, 1.807) is 13.1 Å². The molecule has 0 amide bonds. The highest BCUT2D eigenvalue weighted by molar-refractivity contribution is 6.37. The van der Waals surface area contributed by atoms with E-state index in [1.165, 1.54) is 12.8 Å². The van der Waals surface area contributed by atoms with Crippen LogP contribution in [0.2, 0.25) is 10.0 Å². The number of halogens is 2. The maximum absolute atomic E-state index is 6.10. The van der Waals surface area contributed by atoms with E-state index in [0.29, 0.717) is 21.7 Å². The molecule has 2 rings (SSSR count). The molecule has 0 aromatic carbocycles. The number of likely N-dealkylation sites (N-methyl/N-ethyl adjacent to an activating group) is 1. The molecule has 0 bridgehead atoms. The lowest BCUT2D eigenvalue weighted by Gasteiger charge is -2.16. The summed E-state index contributed by atoms with van der Waals surface area (Å²) < 4.78 is 0. The highest BCUT2D eigenvalue weighted by Crippen LogP contribution is 2.29. The van der Waals surface area contributed by atoms with E-state index >= 15 is 0 Å². The predicted molar refractivity (Wildman–Crippen MR) is 77.9 cm³/mol. The summed E-state index contributed by atoms with van der Waals surface area (Å²) in [6.45, 7) is 1.81. The molecular weight excluding hydrogens is 271 g/mol. The Kier molecular flexibility index (Phi) is 4.54. The third kappa shape index (κ3) is 3.40. The highest BCUT2D eigenvalue weighted by Gasteiger charge is 2.25. The SMILES string of the molecule is CNc1nc(NCCN(C)C2CC2)c(Cl)cc1Cl. The molecule has 0 spiro atoms. The molecule has 4 nitrogen and oxygen atoms in total. The topological polar surface area (TPSA) is 40.2 Å². The van der Waals surface area contributed by atoms with Crippen molar-refractivity contribution in [1.82, 2.24) is 9.88 Å². The summed E-state index contributed by atoms with van der Waals surface area (Å²) in [5, 5.41) is 7.26. The number of hydrogen-bond acceptors (Lipinski definition) is 4. The standard InChI is InChI=1S/C12H18Cl2N4/c1-15-11-9(13)7-10(14)12(17-11)16-5-6-18(2)8-3-4-8/h7-8H,3-6H2,1-2H3,(H2,15,16,17). The Labute approximate surface area is 118 Å². The van der Waals surface area contributed by atoms with E-state index < -0.39 is 0 Å². The van der Waals surface area contributed by atoms with E-state index in [1.807, 2.05) is 0 Å². The van der Waals surface area contributed by atoms with Crippen LogP contribution >= 0.6 is 23.2 Å². The summed E-state index contributed by atoms with van der Waals surface area (Å²) in [7, 11) is 3.93. The Hall–Kier alpha value is -0.710. The quantitative estimate of drug-likeness (QED) is 0.844. The molecule has 18 heavy (non-hydrogen) atoms. The van der Waals surface area contributed by atoms with Gasteiger partial charge in [0, 0.05) is 26.2 Å². The second-order valence-electron chi connectivity index (χ2n) is 4.54. The Morgan fingerprint density at radius 2 is 2.00 bits per heavy atom. The van der Waals surface area contributed by atoms with Gasteiger partial charge in [-0.05, 0) is 26.0 Å². The third-order valence-corrected chi connectivity index (χ3v) is 3.67. The van der Waals surface area contributed by atoms with Crippen molar-refractivity contribution in [2.45, 2.75) is 18.9 Å². The first-order valence-corrected chi connectivity index (χ1v) is 6.85. The summed E-state index contributed by atoms with van der Waals surface area (Å²) in [5.41, 5.74) is 0. The second-order valence-corrected chi connectivity index (χ2v) is 5.35. The van der Waals surface area contributed by atoms with E-state index in [0.717, 1.165) is 19.1 Å². The first-order chi connectivity index (χ1) is 8.61. The van der Waals surface area contributed by atoms with Crippen molar-refractivity contribution in [3.63, 3.8) is 0 Å². The van der Waals surface area contributed by atoms with Gasteiger partial charge < -0.3 is 15.5 Å². The van der Waals surface area contributed by atoms with Crippen LogP contribution in [0.3, 0.4) is 0 Å². The fourth-order valence-electron chi connectivity index (χ4n) is 1.81. The van der Waals surface area contributed by atoms with Crippen molar-refractivity contribution in [3.8, 4) is 0 Å². The number of anilines is 2. The minimum atomic E-state index is 0.531.